The fraction of sp³-hybridized carbons (Fsp3) is 0.385. The van der Waals surface area contributed by atoms with Crippen molar-refractivity contribution in [1.82, 2.24) is 9.88 Å². The molecule has 2 aliphatic heterocycles. The van der Waals surface area contributed by atoms with Crippen LogP contribution in [0, 0.1) is 11.8 Å². The van der Waals surface area contributed by atoms with Crippen molar-refractivity contribution in [3.8, 4) is 0 Å². The summed E-state index contributed by atoms with van der Waals surface area (Å²) >= 11 is 0. The smallest absolute Gasteiger partial charge is 0.0716 e. The second kappa shape index (κ2) is 8.17. The van der Waals surface area contributed by atoms with E-state index in [0.717, 1.165) is 32.5 Å². The molecular formula is C26H30N2O. The average Bonchev–Trinajstić information content (AvgIpc) is 3.16. The molecule has 5 rings (SSSR count). The van der Waals surface area contributed by atoms with Gasteiger partial charge in [0.1, 0.15) is 0 Å². The Morgan fingerprint density at radius 1 is 1.10 bits per heavy atom. The lowest BCUT2D eigenvalue weighted by Crippen LogP contribution is -2.45. The van der Waals surface area contributed by atoms with E-state index in [1.54, 1.807) is 0 Å². The van der Waals surface area contributed by atoms with Crippen molar-refractivity contribution in [3.63, 3.8) is 0 Å². The number of ether oxygens (including phenoxy) is 1. The summed E-state index contributed by atoms with van der Waals surface area (Å²) in [6.07, 6.45) is 5.61. The van der Waals surface area contributed by atoms with Gasteiger partial charge in [-0.15, -0.1) is 6.58 Å². The topological polar surface area (TPSA) is 28.3 Å². The molecule has 3 nitrogen and oxygen atoms in total. The van der Waals surface area contributed by atoms with Gasteiger partial charge in [0.25, 0.3) is 0 Å². The van der Waals surface area contributed by atoms with Crippen molar-refractivity contribution < 1.29 is 4.74 Å². The number of nitrogens with one attached hydrogen (secondary N) is 1. The van der Waals surface area contributed by atoms with Gasteiger partial charge in [-0.05, 0) is 48.3 Å². The Morgan fingerprint density at radius 2 is 1.93 bits per heavy atom. The second-order valence-electron chi connectivity index (χ2n) is 8.55. The van der Waals surface area contributed by atoms with Gasteiger partial charge in [-0.2, -0.15) is 0 Å². The summed E-state index contributed by atoms with van der Waals surface area (Å²) < 4.78 is 6.01. The molecule has 3 heteroatoms. The molecule has 29 heavy (non-hydrogen) atoms. The molecule has 2 aromatic carbocycles. The van der Waals surface area contributed by atoms with Crippen LogP contribution in [-0.4, -0.2) is 29.6 Å². The van der Waals surface area contributed by atoms with Crippen LogP contribution in [0.2, 0.25) is 0 Å². The van der Waals surface area contributed by atoms with Crippen LogP contribution < -0.4 is 0 Å². The zero-order valence-electron chi connectivity index (χ0n) is 17.0. The SMILES string of the molecule is C=C[C@H]1CN2CCc3c([nH]c4ccccc34)[C@@H]2C[C@@H]1CCOCc1ccccc1. The van der Waals surface area contributed by atoms with E-state index in [1.165, 1.54) is 34.1 Å². The zero-order valence-corrected chi connectivity index (χ0v) is 17.0. The molecule has 1 fully saturated rings. The van der Waals surface area contributed by atoms with E-state index in [2.05, 4.69) is 77.1 Å². The first kappa shape index (κ1) is 18.7. The standard InChI is InChI=1S/C26H30N2O/c1-2-20-17-28-14-12-23-22-10-6-7-11-24(22)27-26(23)25(28)16-21(20)13-15-29-18-19-8-4-3-5-9-19/h2-11,20-21,25,27H,1,12-18H2/t20-,21-,25-/m0/s1. The maximum absolute atomic E-state index is 6.01. The minimum Gasteiger partial charge on any atom is -0.377 e. The number of H-pyrrole nitrogens is 1. The summed E-state index contributed by atoms with van der Waals surface area (Å²) in [6.45, 7) is 7.94. The van der Waals surface area contributed by atoms with Crippen LogP contribution in [0.1, 0.15) is 35.7 Å². The molecule has 3 atom stereocenters. The predicted octanol–water partition coefficient (Wildman–Crippen LogP) is 5.50. The van der Waals surface area contributed by atoms with Crippen LogP contribution in [0.3, 0.4) is 0 Å². The van der Waals surface area contributed by atoms with E-state index in [4.69, 9.17) is 4.74 Å². The third kappa shape index (κ3) is 3.65. The molecule has 0 spiro atoms. The normalized spacial score (nSPS) is 24.2. The minimum absolute atomic E-state index is 0.501. The van der Waals surface area contributed by atoms with Gasteiger partial charge in [0.2, 0.25) is 0 Å². The fourth-order valence-corrected chi connectivity index (χ4v) is 5.33. The Balaban J connectivity index is 1.28. The Kier molecular flexibility index (Phi) is 5.26. The number of rotatable bonds is 6. The number of aromatic nitrogens is 1. The number of hydrogen-bond donors (Lipinski definition) is 1. The summed E-state index contributed by atoms with van der Waals surface area (Å²) in [5.41, 5.74) is 5.53. The molecule has 1 saturated heterocycles. The predicted molar refractivity (Wildman–Crippen MR) is 119 cm³/mol. The average molecular weight is 387 g/mol. The minimum atomic E-state index is 0.501. The van der Waals surface area contributed by atoms with Crippen LogP contribution in [-0.2, 0) is 17.8 Å². The summed E-state index contributed by atoms with van der Waals surface area (Å²) in [5.74, 6) is 1.18. The van der Waals surface area contributed by atoms with E-state index in [-0.39, 0.29) is 0 Å². The molecule has 0 saturated carbocycles. The summed E-state index contributed by atoms with van der Waals surface area (Å²) in [7, 11) is 0. The van der Waals surface area contributed by atoms with Gasteiger partial charge in [-0.1, -0.05) is 54.6 Å². The van der Waals surface area contributed by atoms with Crippen LogP contribution >= 0.6 is 0 Å². The Hall–Kier alpha value is -2.36. The molecule has 1 N–H and O–H groups in total. The highest BCUT2D eigenvalue weighted by Crippen LogP contribution is 2.44. The first-order valence-corrected chi connectivity index (χ1v) is 10.9. The summed E-state index contributed by atoms with van der Waals surface area (Å²) in [4.78, 5) is 6.43. The van der Waals surface area contributed by atoms with Gasteiger partial charge in [-0.25, -0.2) is 0 Å². The Bertz CT molecular complexity index is 977. The van der Waals surface area contributed by atoms with E-state index in [0.29, 0.717) is 24.5 Å². The third-order valence-electron chi connectivity index (χ3n) is 6.89. The number of nitrogens with zero attached hydrogens (tertiary/aromatic N) is 1. The quantitative estimate of drug-likeness (QED) is 0.448. The number of fused-ring (bicyclic) bond motifs is 5. The molecule has 0 amide bonds. The number of benzene rings is 2. The number of para-hydroxylation sites is 1. The van der Waals surface area contributed by atoms with Crippen LogP contribution in [0.4, 0.5) is 0 Å². The molecular weight excluding hydrogens is 356 g/mol. The van der Waals surface area contributed by atoms with Gasteiger partial charge < -0.3 is 9.72 Å². The molecule has 0 radical (unpaired) electrons. The Morgan fingerprint density at radius 3 is 2.79 bits per heavy atom. The number of aromatic amines is 1. The van der Waals surface area contributed by atoms with Crippen molar-refractivity contribution >= 4 is 10.9 Å². The molecule has 3 aromatic rings. The van der Waals surface area contributed by atoms with Crippen molar-refractivity contribution in [2.45, 2.75) is 31.9 Å². The maximum atomic E-state index is 6.01. The molecule has 150 valence electrons. The fourth-order valence-electron chi connectivity index (χ4n) is 5.33. The van der Waals surface area contributed by atoms with Crippen molar-refractivity contribution in [2.24, 2.45) is 11.8 Å². The van der Waals surface area contributed by atoms with E-state index < -0.39 is 0 Å². The van der Waals surface area contributed by atoms with Crippen molar-refractivity contribution in [1.29, 1.82) is 0 Å². The zero-order chi connectivity index (χ0) is 19.6. The van der Waals surface area contributed by atoms with Crippen LogP contribution in [0.5, 0.6) is 0 Å². The Labute approximate surface area is 173 Å². The van der Waals surface area contributed by atoms with Gasteiger partial charge in [0.05, 0.1) is 12.6 Å². The first-order chi connectivity index (χ1) is 14.3. The lowest BCUT2D eigenvalue weighted by molar-refractivity contribution is 0.0426. The summed E-state index contributed by atoms with van der Waals surface area (Å²) in [6, 6.07) is 19.7. The second-order valence-corrected chi connectivity index (χ2v) is 8.55. The molecule has 2 aliphatic rings. The lowest BCUT2D eigenvalue weighted by Gasteiger charge is -2.45. The first-order valence-electron chi connectivity index (χ1n) is 10.9. The van der Waals surface area contributed by atoms with E-state index >= 15 is 0 Å². The van der Waals surface area contributed by atoms with Gasteiger partial charge in [-0.3, -0.25) is 4.90 Å². The number of piperidine rings is 1. The van der Waals surface area contributed by atoms with Crippen LogP contribution in [0.25, 0.3) is 10.9 Å². The van der Waals surface area contributed by atoms with Gasteiger partial charge >= 0.3 is 0 Å². The highest BCUT2D eigenvalue weighted by molar-refractivity contribution is 5.85. The van der Waals surface area contributed by atoms with E-state index in [1.807, 2.05) is 0 Å². The van der Waals surface area contributed by atoms with Crippen molar-refractivity contribution in [2.75, 3.05) is 19.7 Å². The van der Waals surface area contributed by atoms with Gasteiger partial charge in [0.15, 0.2) is 0 Å². The monoisotopic (exact) mass is 386 g/mol. The molecule has 0 aliphatic carbocycles. The highest BCUT2D eigenvalue weighted by Gasteiger charge is 2.38. The van der Waals surface area contributed by atoms with Crippen LogP contribution in [0.15, 0.2) is 67.3 Å². The molecule has 3 heterocycles. The van der Waals surface area contributed by atoms with E-state index in [9.17, 15) is 0 Å². The van der Waals surface area contributed by atoms with Gasteiger partial charge in [0, 0.05) is 36.3 Å². The highest BCUT2D eigenvalue weighted by atomic mass is 16.5. The van der Waals surface area contributed by atoms with Crippen molar-refractivity contribution in [3.05, 3.63) is 84.1 Å². The summed E-state index contributed by atoms with van der Waals surface area (Å²) in [5, 5.41) is 1.41. The molecule has 0 unspecified atom stereocenters. The molecule has 1 aromatic heterocycles. The maximum Gasteiger partial charge on any atom is 0.0716 e. The molecule has 0 bridgehead atoms. The third-order valence-corrected chi connectivity index (χ3v) is 6.89. The lowest BCUT2D eigenvalue weighted by atomic mass is 9.77. The number of hydrogen-bond acceptors (Lipinski definition) is 2. The largest absolute Gasteiger partial charge is 0.377 e.